The molecule has 2 heterocycles. The Kier molecular flexibility index (Phi) is 9.87. The number of anilines is 1. The first kappa shape index (κ1) is 27.8. The van der Waals surface area contributed by atoms with Crippen LogP contribution in [0, 0.1) is 5.92 Å². The third-order valence-electron chi connectivity index (χ3n) is 7.68. The Balaban J connectivity index is 1.56. The van der Waals surface area contributed by atoms with Crippen molar-refractivity contribution in [2.45, 2.75) is 51.0 Å². The Labute approximate surface area is 226 Å². The molecule has 2 atom stereocenters. The Bertz CT molecular complexity index is 1070. The number of hydrogen-bond donors (Lipinski definition) is 1. The minimum atomic E-state index is -0.477. The highest BCUT2D eigenvalue weighted by molar-refractivity contribution is 5.97. The predicted octanol–water partition coefficient (Wildman–Crippen LogP) is 4.58. The van der Waals surface area contributed by atoms with Gasteiger partial charge in [-0.15, -0.1) is 0 Å². The molecule has 0 spiro atoms. The van der Waals surface area contributed by atoms with Gasteiger partial charge in [-0.3, -0.25) is 9.59 Å². The highest BCUT2D eigenvalue weighted by atomic mass is 16.5. The number of carbonyl (C=O) groups is 2. The Morgan fingerprint density at radius 3 is 2.29 bits per heavy atom. The fourth-order valence-electron chi connectivity index (χ4n) is 5.64. The van der Waals surface area contributed by atoms with Crippen molar-refractivity contribution >= 4 is 17.5 Å². The summed E-state index contributed by atoms with van der Waals surface area (Å²) < 4.78 is 16.3. The molecule has 0 bridgehead atoms. The molecule has 8 heteroatoms. The van der Waals surface area contributed by atoms with Gasteiger partial charge in [-0.05, 0) is 87.3 Å². The number of nitrogens with one attached hydrogen (secondary N) is 1. The summed E-state index contributed by atoms with van der Waals surface area (Å²) in [6.07, 6.45) is 6.86. The van der Waals surface area contributed by atoms with E-state index in [0.29, 0.717) is 36.6 Å². The monoisotopic (exact) mass is 523 g/mol. The molecule has 38 heavy (non-hydrogen) atoms. The first-order chi connectivity index (χ1) is 18.5. The maximum atomic E-state index is 13.6. The van der Waals surface area contributed by atoms with E-state index in [-0.39, 0.29) is 11.8 Å². The number of rotatable bonds is 10. The van der Waals surface area contributed by atoms with Crippen LogP contribution in [-0.2, 0) is 9.59 Å². The molecule has 2 amide bonds. The molecule has 0 unspecified atom stereocenters. The molecule has 0 saturated carbocycles. The zero-order chi connectivity index (χ0) is 26.9. The van der Waals surface area contributed by atoms with Crippen LogP contribution in [0.2, 0.25) is 0 Å². The van der Waals surface area contributed by atoms with Crippen LogP contribution >= 0.6 is 0 Å². The molecule has 0 aromatic heterocycles. The Hall–Kier alpha value is -3.26. The number of amides is 2. The molecule has 2 aromatic carbocycles. The first-order valence-corrected chi connectivity index (χ1v) is 13.7. The van der Waals surface area contributed by atoms with Crippen molar-refractivity contribution in [2.24, 2.45) is 5.92 Å². The molecular weight excluding hydrogens is 482 g/mol. The fourth-order valence-corrected chi connectivity index (χ4v) is 5.64. The van der Waals surface area contributed by atoms with E-state index in [1.54, 1.807) is 26.2 Å². The van der Waals surface area contributed by atoms with E-state index in [1.807, 2.05) is 42.5 Å². The number of methoxy groups -OCH3 is 3. The lowest BCUT2D eigenvalue weighted by Gasteiger charge is -2.41. The van der Waals surface area contributed by atoms with E-state index in [9.17, 15) is 9.59 Å². The van der Waals surface area contributed by atoms with Crippen molar-refractivity contribution in [3.8, 4) is 17.2 Å². The SMILES string of the molecule is COc1ccc(N2C(=O)CC[C@H](C(=O)NCCCN3CCCCCC3)[C@@H]2c2ccc(OC)c(OC)c2)cc1. The lowest BCUT2D eigenvalue weighted by Crippen LogP contribution is -2.48. The van der Waals surface area contributed by atoms with Gasteiger partial charge in [0.05, 0.1) is 33.3 Å². The Morgan fingerprint density at radius 1 is 0.921 bits per heavy atom. The van der Waals surface area contributed by atoms with E-state index in [2.05, 4.69) is 10.2 Å². The van der Waals surface area contributed by atoms with E-state index < -0.39 is 12.0 Å². The molecule has 2 fully saturated rings. The van der Waals surface area contributed by atoms with Crippen LogP contribution in [0.3, 0.4) is 0 Å². The second-order valence-electron chi connectivity index (χ2n) is 10.1. The molecule has 2 aromatic rings. The van der Waals surface area contributed by atoms with Gasteiger partial charge in [-0.1, -0.05) is 18.9 Å². The summed E-state index contributed by atoms with van der Waals surface area (Å²) in [7, 11) is 4.79. The number of benzene rings is 2. The number of hydrogen-bond acceptors (Lipinski definition) is 6. The van der Waals surface area contributed by atoms with Gasteiger partial charge in [0.25, 0.3) is 0 Å². The van der Waals surface area contributed by atoms with E-state index in [4.69, 9.17) is 14.2 Å². The summed E-state index contributed by atoms with van der Waals surface area (Å²) in [5.74, 6) is 1.44. The zero-order valence-electron chi connectivity index (χ0n) is 22.9. The molecule has 8 nitrogen and oxygen atoms in total. The van der Waals surface area contributed by atoms with Crippen LogP contribution in [-0.4, -0.2) is 64.2 Å². The normalized spacial score (nSPS) is 20.5. The quantitative estimate of drug-likeness (QED) is 0.459. The lowest BCUT2D eigenvalue weighted by atomic mass is 9.83. The van der Waals surface area contributed by atoms with Gasteiger partial charge >= 0.3 is 0 Å². The van der Waals surface area contributed by atoms with Crippen LogP contribution in [0.5, 0.6) is 17.2 Å². The van der Waals surface area contributed by atoms with Gasteiger partial charge in [-0.2, -0.15) is 0 Å². The van der Waals surface area contributed by atoms with Crippen molar-refractivity contribution < 1.29 is 23.8 Å². The number of likely N-dealkylation sites (tertiary alicyclic amines) is 1. The molecule has 206 valence electrons. The summed E-state index contributed by atoms with van der Waals surface area (Å²) in [5.41, 5.74) is 1.56. The average molecular weight is 524 g/mol. The van der Waals surface area contributed by atoms with E-state index in [0.717, 1.165) is 37.3 Å². The average Bonchev–Trinajstić information content (AvgIpc) is 3.23. The van der Waals surface area contributed by atoms with Gasteiger partial charge in [0.1, 0.15) is 5.75 Å². The van der Waals surface area contributed by atoms with Crippen LogP contribution < -0.4 is 24.4 Å². The highest BCUT2D eigenvalue weighted by Gasteiger charge is 2.41. The van der Waals surface area contributed by atoms with Crippen molar-refractivity contribution in [3.63, 3.8) is 0 Å². The van der Waals surface area contributed by atoms with Gasteiger partial charge in [0, 0.05) is 18.7 Å². The number of carbonyl (C=O) groups excluding carboxylic acids is 2. The molecule has 0 aliphatic carbocycles. The minimum Gasteiger partial charge on any atom is -0.497 e. The fraction of sp³-hybridized carbons (Fsp3) is 0.533. The van der Waals surface area contributed by atoms with Gasteiger partial charge < -0.3 is 29.3 Å². The van der Waals surface area contributed by atoms with Gasteiger partial charge in [0.15, 0.2) is 11.5 Å². The van der Waals surface area contributed by atoms with Crippen molar-refractivity contribution in [1.29, 1.82) is 0 Å². The second kappa shape index (κ2) is 13.5. The molecular formula is C30H41N3O5. The van der Waals surface area contributed by atoms with E-state index >= 15 is 0 Å². The molecule has 4 rings (SSSR count). The maximum Gasteiger partial charge on any atom is 0.227 e. The maximum absolute atomic E-state index is 13.6. The third-order valence-corrected chi connectivity index (χ3v) is 7.68. The highest BCUT2D eigenvalue weighted by Crippen LogP contribution is 2.42. The second-order valence-corrected chi connectivity index (χ2v) is 10.1. The lowest BCUT2D eigenvalue weighted by molar-refractivity contribution is -0.129. The predicted molar refractivity (Wildman–Crippen MR) is 148 cm³/mol. The van der Waals surface area contributed by atoms with Crippen LogP contribution in [0.4, 0.5) is 5.69 Å². The number of ether oxygens (including phenoxy) is 3. The standard InChI is InChI=1S/C30H41N3O5/c1-36-24-12-10-23(11-13-24)33-28(34)16-14-25(29(33)22-9-15-26(37-2)27(21-22)38-3)30(35)31-17-8-20-32-18-6-4-5-7-19-32/h9-13,15,21,25,29H,4-8,14,16-20H2,1-3H3,(H,31,35)/t25-,29-/m0/s1. The van der Waals surface area contributed by atoms with Gasteiger partial charge in [-0.25, -0.2) is 0 Å². The molecule has 2 saturated heterocycles. The van der Waals surface area contributed by atoms with Crippen molar-refractivity contribution in [3.05, 3.63) is 48.0 Å². The number of piperidine rings is 1. The first-order valence-electron chi connectivity index (χ1n) is 13.7. The molecule has 2 aliphatic heterocycles. The zero-order valence-corrected chi connectivity index (χ0v) is 22.9. The topological polar surface area (TPSA) is 80.3 Å². The molecule has 2 aliphatic rings. The van der Waals surface area contributed by atoms with Crippen LogP contribution in [0.15, 0.2) is 42.5 Å². The van der Waals surface area contributed by atoms with Crippen molar-refractivity contribution in [1.82, 2.24) is 10.2 Å². The minimum absolute atomic E-state index is 0.0137. The summed E-state index contributed by atoms with van der Waals surface area (Å²) in [6, 6.07) is 12.5. The van der Waals surface area contributed by atoms with Crippen LogP contribution in [0.1, 0.15) is 56.6 Å². The molecule has 1 N–H and O–H groups in total. The van der Waals surface area contributed by atoms with Crippen molar-refractivity contribution in [2.75, 3.05) is 52.4 Å². The summed E-state index contributed by atoms with van der Waals surface area (Å²) >= 11 is 0. The largest absolute Gasteiger partial charge is 0.497 e. The Morgan fingerprint density at radius 2 is 1.63 bits per heavy atom. The third kappa shape index (κ3) is 6.59. The summed E-state index contributed by atoms with van der Waals surface area (Å²) in [6.45, 7) is 3.93. The number of nitrogens with zero attached hydrogens (tertiary/aromatic N) is 2. The molecule has 0 radical (unpaired) electrons. The van der Waals surface area contributed by atoms with Gasteiger partial charge in [0.2, 0.25) is 11.8 Å². The van der Waals surface area contributed by atoms with E-state index in [1.165, 1.54) is 25.7 Å². The summed E-state index contributed by atoms with van der Waals surface area (Å²) in [5, 5.41) is 3.18. The summed E-state index contributed by atoms with van der Waals surface area (Å²) in [4.78, 5) is 31.2. The smallest absolute Gasteiger partial charge is 0.227 e. The van der Waals surface area contributed by atoms with Crippen LogP contribution in [0.25, 0.3) is 0 Å².